The van der Waals surface area contributed by atoms with Gasteiger partial charge in [0.05, 0.1) is 0 Å². The van der Waals surface area contributed by atoms with E-state index in [1.54, 1.807) is 0 Å². The zero-order chi connectivity index (χ0) is 33.3. The van der Waals surface area contributed by atoms with Gasteiger partial charge in [0.15, 0.2) is 26.7 Å². The van der Waals surface area contributed by atoms with Crippen LogP contribution in [-0.2, 0) is 26.2 Å². The Morgan fingerprint density at radius 1 is 0.634 bits per heavy atom. The number of sulfone groups is 1. The van der Waals surface area contributed by atoms with Crippen molar-refractivity contribution in [2.45, 2.75) is 53.1 Å². The molecule has 1 unspecified atom stereocenters. The number of nitrogens with zero attached hydrogens (tertiary/aromatic N) is 1. The van der Waals surface area contributed by atoms with Crippen LogP contribution in [0.5, 0.6) is 0 Å². The lowest BCUT2D eigenvalue weighted by molar-refractivity contribution is -0.709. The third-order valence-corrected chi connectivity index (χ3v) is 9.40. The highest BCUT2D eigenvalue weighted by Crippen LogP contribution is 2.57. The van der Waals surface area contributed by atoms with Crippen molar-refractivity contribution in [1.29, 1.82) is 0 Å². The molecule has 0 radical (unpaired) electrons. The second-order valence-corrected chi connectivity index (χ2v) is 11.7. The van der Waals surface area contributed by atoms with Gasteiger partial charge in [0.25, 0.3) is 9.84 Å². The summed E-state index contributed by atoms with van der Waals surface area (Å²) in [7, 11) is -17.6. The lowest BCUT2D eigenvalue weighted by Crippen LogP contribution is -2.67. The summed E-state index contributed by atoms with van der Waals surface area (Å²) in [5.41, 5.74) is 0. The van der Waals surface area contributed by atoms with Crippen molar-refractivity contribution >= 4 is 23.8 Å². The van der Waals surface area contributed by atoms with Crippen LogP contribution in [0.25, 0.3) is 0 Å². The largest absolute Gasteiger partial charge is 0.460 e. The average molecular weight is 690 g/mol. The van der Waals surface area contributed by atoms with Crippen molar-refractivity contribution in [3.63, 3.8) is 0 Å². The van der Waals surface area contributed by atoms with Gasteiger partial charge in [-0.05, 0) is 6.07 Å². The molecule has 0 bridgehead atoms. The third kappa shape index (κ3) is 5.15. The molecule has 0 aromatic carbocycles. The van der Waals surface area contributed by atoms with E-state index in [2.05, 4.69) is 0 Å². The summed E-state index contributed by atoms with van der Waals surface area (Å²) in [5, 5.41) is -16.5. The van der Waals surface area contributed by atoms with Gasteiger partial charge in [0, 0.05) is 12.1 Å². The van der Waals surface area contributed by atoms with Crippen molar-refractivity contribution in [3.05, 3.63) is 30.3 Å². The number of pyridine rings is 1. The van der Waals surface area contributed by atoms with Crippen LogP contribution in [0.4, 0.5) is 83.4 Å². The molecular weight excluding hydrogens is 683 g/mol. The van der Waals surface area contributed by atoms with E-state index in [1.165, 1.54) is 0 Å². The van der Waals surface area contributed by atoms with Gasteiger partial charge in [-0.15, -0.1) is 4.39 Å². The lowest BCUT2D eigenvalue weighted by atomic mass is 10.1. The fourth-order valence-corrected chi connectivity index (χ4v) is 6.35. The van der Waals surface area contributed by atoms with Gasteiger partial charge >= 0.3 is 52.5 Å². The Hall–Kier alpha value is -2.25. The van der Waals surface area contributed by atoms with Gasteiger partial charge in [0.1, 0.15) is 0 Å². The first-order chi connectivity index (χ1) is 17.6. The van der Waals surface area contributed by atoms with E-state index in [1.807, 2.05) is 0 Å². The van der Waals surface area contributed by atoms with Crippen LogP contribution in [-0.4, -0.2) is 67.9 Å². The minimum Gasteiger partial charge on any atom is -0.308 e. The Kier molecular flexibility index (Phi) is 8.88. The second-order valence-electron chi connectivity index (χ2n) is 7.38. The van der Waals surface area contributed by atoms with E-state index < -0.39 is 87.4 Å². The first kappa shape index (κ1) is 36.8. The number of hydrogen-bond donors (Lipinski definition) is 1. The fourth-order valence-electron chi connectivity index (χ4n) is 2.39. The molecule has 1 aromatic rings. The molecule has 0 aliphatic rings. The number of alkyl halides is 18. The first-order valence-corrected chi connectivity index (χ1v) is 12.0. The Morgan fingerprint density at radius 2 is 1.00 bits per heavy atom. The highest BCUT2D eigenvalue weighted by atomic mass is 32.3. The molecule has 1 aromatic heterocycles. The normalized spacial score (nSPS) is 16.9. The molecular formula is C15H7F19NO4S2+. The predicted molar refractivity (Wildman–Crippen MR) is 93.1 cm³/mol. The Balaban J connectivity index is 4.39. The Bertz CT molecular complexity index is 1390. The van der Waals surface area contributed by atoms with E-state index in [9.17, 15) is 101 Å². The summed E-state index contributed by atoms with van der Waals surface area (Å²) in [6.45, 7) is -3.24. The minimum absolute atomic E-state index is 0.0124. The molecule has 0 saturated carbocycles. The molecule has 1 N–H and O–H groups in total. The third-order valence-electron chi connectivity index (χ3n) is 4.71. The molecule has 0 spiro atoms. The fraction of sp³-hybridized carbons (Fsp3) is 0.600. The summed E-state index contributed by atoms with van der Waals surface area (Å²) in [6.07, 6.45) is -15.8. The zero-order valence-corrected chi connectivity index (χ0v) is 19.8. The minimum atomic E-state index is -8.90. The number of hydrogen-bond acceptors (Lipinski definition) is 3. The van der Waals surface area contributed by atoms with Crippen LogP contribution in [0.3, 0.4) is 0 Å². The molecule has 0 saturated heterocycles. The quantitative estimate of drug-likeness (QED) is 0.175. The van der Waals surface area contributed by atoms with Crippen molar-refractivity contribution in [2.24, 2.45) is 0 Å². The molecule has 41 heavy (non-hydrogen) atoms. The van der Waals surface area contributed by atoms with Crippen LogP contribution in [0.2, 0.25) is 0 Å². The lowest BCUT2D eigenvalue weighted by Gasteiger charge is -2.35. The smallest absolute Gasteiger partial charge is 0.308 e. The summed E-state index contributed by atoms with van der Waals surface area (Å²) in [6, 6.07) is 0.912. The van der Waals surface area contributed by atoms with Crippen LogP contribution < -0.4 is 4.57 Å². The van der Waals surface area contributed by atoms with Gasteiger partial charge < -0.3 is 4.55 Å². The number of rotatable bonds is 8. The first-order valence-electron chi connectivity index (χ1n) is 9.03. The van der Waals surface area contributed by atoms with Gasteiger partial charge in [-0.2, -0.15) is 83.6 Å². The van der Waals surface area contributed by atoms with Gasteiger partial charge in [-0.3, -0.25) is 0 Å². The second kappa shape index (κ2) is 9.90. The van der Waals surface area contributed by atoms with Crippen LogP contribution in [0.1, 0.15) is 0 Å². The summed E-state index contributed by atoms with van der Waals surface area (Å²) in [5.74, 6) is -35.4. The van der Waals surface area contributed by atoms with E-state index in [0.717, 1.165) is 0 Å². The summed E-state index contributed by atoms with van der Waals surface area (Å²) in [4.78, 5) is 0. The topological polar surface area (TPSA) is 75.3 Å². The SMILES string of the molecule is O=S(=O)(C(C[n+]1ccccc1F)=S(=O)(O)C(F)(F)C(F)(F)C(F)(F)C(F)(F)F)C(F)(F)C(F)(F)C(F)(F)C(F)(F)F. The molecule has 0 fully saturated rings. The molecule has 1 atom stereocenters. The Morgan fingerprint density at radius 3 is 1.34 bits per heavy atom. The van der Waals surface area contributed by atoms with Crippen molar-refractivity contribution in [2.75, 3.05) is 0 Å². The highest BCUT2D eigenvalue weighted by molar-refractivity contribution is 8.22. The molecule has 0 amide bonds. The maximum absolute atomic E-state index is 14.3. The molecule has 0 aliphatic carbocycles. The van der Waals surface area contributed by atoms with Crippen LogP contribution >= 0.6 is 0 Å². The standard InChI is InChI=1S/C15H6F19NO4S2/c16-6-3-1-2-4-35(6)5-7(40(36,37)14(31,32)10(21,22)8(17,18)12(25,26)27)41(38,39)15(33,34)11(23,24)9(19,20)13(28,29)30/h1-4H,5H2/p+1. The molecule has 26 heteroatoms. The molecule has 1 rings (SSSR count). The van der Waals surface area contributed by atoms with Gasteiger partial charge in [-0.25, -0.2) is 12.6 Å². The Labute approximate surface area is 213 Å². The molecule has 1 heterocycles. The van der Waals surface area contributed by atoms with Crippen molar-refractivity contribution in [3.8, 4) is 0 Å². The molecule has 0 aliphatic heterocycles. The van der Waals surface area contributed by atoms with E-state index in [4.69, 9.17) is 0 Å². The summed E-state index contributed by atoms with van der Waals surface area (Å²) >= 11 is 0. The van der Waals surface area contributed by atoms with E-state index >= 15 is 0 Å². The van der Waals surface area contributed by atoms with E-state index in [-0.39, 0.29) is 12.3 Å². The van der Waals surface area contributed by atoms with Crippen molar-refractivity contribution in [1.82, 2.24) is 0 Å². The maximum atomic E-state index is 14.3. The number of aromatic nitrogens is 1. The monoisotopic (exact) mass is 690 g/mol. The van der Waals surface area contributed by atoms with Crippen LogP contribution in [0, 0.1) is 5.95 Å². The predicted octanol–water partition coefficient (Wildman–Crippen LogP) is 5.27. The highest BCUT2D eigenvalue weighted by Gasteiger charge is 2.88. The van der Waals surface area contributed by atoms with Gasteiger partial charge in [0.2, 0.25) is 0 Å². The molecule has 5 nitrogen and oxygen atoms in total. The summed E-state index contributed by atoms with van der Waals surface area (Å²) < 4.78 is 293. The van der Waals surface area contributed by atoms with E-state index in [0.29, 0.717) is 12.1 Å². The zero-order valence-electron chi connectivity index (χ0n) is 18.1. The van der Waals surface area contributed by atoms with Crippen molar-refractivity contribution < 1.29 is 105 Å². The van der Waals surface area contributed by atoms with Gasteiger partial charge in [-0.1, -0.05) is 0 Å². The maximum Gasteiger partial charge on any atom is 0.460 e. The average Bonchev–Trinajstić information content (AvgIpc) is 2.75. The van der Waals surface area contributed by atoms with Crippen LogP contribution in [0.15, 0.2) is 24.4 Å². The molecule has 240 valence electrons. The number of halogens is 19.